The van der Waals surface area contributed by atoms with Crippen molar-refractivity contribution in [2.24, 2.45) is 17.4 Å². The molecule has 54 heavy (non-hydrogen) atoms. The first-order valence-electron chi connectivity index (χ1n) is 22.0. The van der Waals surface area contributed by atoms with E-state index in [9.17, 15) is 30.0 Å². The van der Waals surface area contributed by atoms with Crippen LogP contribution in [0.25, 0.3) is 0 Å². The van der Waals surface area contributed by atoms with Crippen LogP contribution in [-0.2, 0) is 14.3 Å². The first-order valence-corrected chi connectivity index (χ1v) is 22.0. The number of carbonyl (C=O) groups is 2. The van der Waals surface area contributed by atoms with Gasteiger partial charge in [0.15, 0.2) is 12.4 Å². The van der Waals surface area contributed by atoms with Crippen LogP contribution in [0.3, 0.4) is 0 Å². The number of rotatable bonds is 36. The van der Waals surface area contributed by atoms with Crippen LogP contribution < -0.4 is 32.7 Å². The Bertz CT molecular complexity index is 890. The fourth-order valence-electron chi connectivity index (χ4n) is 7.06. The summed E-state index contributed by atoms with van der Waals surface area (Å²) in [6.45, 7) is 7.38. The molecule has 1 fully saturated rings. The highest BCUT2D eigenvalue weighted by atomic mass is 16.6. The second-order valence-electron chi connectivity index (χ2n) is 15.8. The van der Waals surface area contributed by atoms with E-state index in [2.05, 4.69) is 35.1 Å². The van der Waals surface area contributed by atoms with E-state index in [0.717, 1.165) is 96.7 Å². The van der Waals surface area contributed by atoms with E-state index < -0.39 is 36.6 Å². The normalized spacial score (nSPS) is 21.8. The van der Waals surface area contributed by atoms with Crippen molar-refractivity contribution in [1.82, 2.24) is 21.3 Å². The van der Waals surface area contributed by atoms with E-state index in [1.807, 2.05) is 0 Å². The van der Waals surface area contributed by atoms with Gasteiger partial charge in [0.2, 0.25) is 5.91 Å². The van der Waals surface area contributed by atoms with Crippen LogP contribution in [0.2, 0.25) is 0 Å². The van der Waals surface area contributed by atoms with Crippen molar-refractivity contribution in [3.05, 3.63) is 0 Å². The van der Waals surface area contributed by atoms with Crippen molar-refractivity contribution in [2.45, 2.75) is 217 Å². The van der Waals surface area contributed by atoms with Gasteiger partial charge in [-0.25, -0.2) is 0 Å². The van der Waals surface area contributed by atoms with E-state index >= 15 is 0 Å². The number of amides is 2. The number of ether oxygens (including phenoxy) is 1. The van der Waals surface area contributed by atoms with Gasteiger partial charge in [0, 0.05) is 32.6 Å². The van der Waals surface area contributed by atoms with E-state index in [-0.39, 0.29) is 18.2 Å². The second-order valence-corrected chi connectivity index (χ2v) is 15.8. The Morgan fingerprint density at radius 2 is 0.981 bits per heavy atom. The van der Waals surface area contributed by atoms with Gasteiger partial charge in [-0.3, -0.25) is 9.59 Å². The van der Waals surface area contributed by atoms with E-state index in [1.165, 1.54) is 77.0 Å². The average molecular weight is 773 g/mol. The predicted octanol–water partition coefficient (Wildman–Crippen LogP) is 4.18. The summed E-state index contributed by atoms with van der Waals surface area (Å²) >= 11 is 0. The molecule has 13 heteroatoms. The topological polar surface area (TPSA) is 224 Å². The van der Waals surface area contributed by atoms with Gasteiger partial charge in [0.25, 0.3) is 5.91 Å². The Kier molecular flexibility index (Phi) is 31.6. The highest BCUT2D eigenvalue weighted by molar-refractivity contribution is 5.81. The number of aliphatic hydroxyl groups is 4. The molecule has 0 aromatic carbocycles. The zero-order valence-electron chi connectivity index (χ0n) is 34.3. The fraction of sp³-hybridized carbons (Fsp3) is 0.951. The van der Waals surface area contributed by atoms with E-state index in [0.29, 0.717) is 18.9 Å². The highest BCUT2D eigenvalue weighted by Crippen LogP contribution is 2.20. The van der Waals surface area contributed by atoms with Gasteiger partial charge in [0.1, 0.15) is 18.3 Å². The molecular weight excluding hydrogens is 688 g/mol. The molecule has 0 aromatic rings. The summed E-state index contributed by atoms with van der Waals surface area (Å²) < 4.78 is 4.94. The average Bonchev–Trinajstić information content (AvgIpc) is 3.15. The van der Waals surface area contributed by atoms with Crippen LogP contribution >= 0.6 is 0 Å². The molecule has 0 spiro atoms. The monoisotopic (exact) mass is 773 g/mol. The molecule has 7 unspecified atom stereocenters. The summed E-state index contributed by atoms with van der Waals surface area (Å²) in [6, 6.07) is 0. The minimum Gasteiger partial charge on any atom is -0.387 e. The number of unbranched alkanes of at least 4 members (excludes halogenated alkanes) is 17. The molecule has 1 saturated heterocycles. The summed E-state index contributed by atoms with van der Waals surface area (Å²) in [7, 11) is 0. The summed E-state index contributed by atoms with van der Waals surface area (Å²) in [5.74, 6) is 0.118. The van der Waals surface area contributed by atoms with Crippen molar-refractivity contribution in [1.29, 1.82) is 0 Å². The maximum Gasteiger partial charge on any atom is 0.252 e. The lowest BCUT2D eigenvalue weighted by molar-refractivity contribution is -0.275. The van der Waals surface area contributed by atoms with Crippen molar-refractivity contribution < 1.29 is 34.8 Å². The number of aliphatic hydroxyl groups excluding tert-OH is 4. The van der Waals surface area contributed by atoms with Gasteiger partial charge in [-0.05, 0) is 44.4 Å². The van der Waals surface area contributed by atoms with Crippen LogP contribution in [0.4, 0.5) is 0 Å². The van der Waals surface area contributed by atoms with Gasteiger partial charge < -0.3 is 57.9 Å². The van der Waals surface area contributed by atoms with Gasteiger partial charge in [-0.1, -0.05) is 129 Å². The van der Waals surface area contributed by atoms with Crippen LogP contribution in [-0.4, -0.2) is 101 Å². The van der Waals surface area contributed by atoms with Crippen LogP contribution in [0.5, 0.6) is 0 Å². The first kappa shape index (κ1) is 50.6. The molecule has 0 aliphatic carbocycles. The van der Waals surface area contributed by atoms with Crippen molar-refractivity contribution >= 4 is 11.8 Å². The molecule has 0 radical (unpaired) electrons. The molecule has 13 nitrogen and oxygen atoms in total. The Morgan fingerprint density at radius 3 is 1.46 bits per heavy atom. The lowest BCUT2D eigenvalue weighted by Crippen LogP contribution is -2.61. The van der Waals surface area contributed by atoms with Crippen LogP contribution in [0, 0.1) is 5.92 Å². The minimum atomic E-state index is -1.71. The molecule has 1 aliphatic heterocycles. The Morgan fingerprint density at radius 1 is 0.556 bits per heavy atom. The number of carbonyl (C=O) groups excluding carboxylic acids is 2. The largest absolute Gasteiger partial charge is 0.387 e. The Labute approximate surface area is 328 Å². The summed E-state index contributed by atoms with van der Waals surface area (Å²) in [5.41, 5.74) is 12.4. The molecule has 1 aliphatic rings. The molecule has 0 bridgehead atoms. The lowest BCUT2D eigenvalue weighted by Gasteiger charge is -2.37. The number of hydrogen-bond acceptors (Lipinski definition) is 11. The van der Waals surface area contributed by atoms with Crippen molar-refractivity contribution in [3.63, 3.8) is 0 Å². The number of nitrogens with two attached hydrogens (primary N) is 2. The smallest absolute Gasteiger partial charge is 0.252 e. The molecule has 1 rings (SSSR count). The molecule has 0 aromatic heterocycles. The SMILES string of the molecule is CCCC(N)NCC(CCCCCCNC(=O)CCCCCCCCCCCCCCCCCNC(=O)C1OC(O)C(O)C(O)C1O)CNC(N)CCC. The zero-order valence-corrected chi connectivity index (χ0v) is 34.3. The second kappa shape index (κ2) is 33.7. The zero-order chi connectivity index (χ0) is 39.8. The quantitative estimate of drug-likeness (QED) is 0.0321. The Balaban J connectivity index is 1.88. The molecule has 1 heterocycles. The highest BCUT2D eigenvalue weighted by Gasteiger charge is 2.46. The molecule has 7 atom stereocenters. The maximum absolute atomic E-state index is 12.2. The minimum absolute atomic E-state index is 0.0639. The van der Waals surface area contributed by atoms with Gasteiger partial charge in [-0.15, -0.1) is 0 Å². The molecule has 0 saturated carbocycles. The third kappa shape index (κ3) is 25.7. The first-order chi connectivity index (χ1) is 26.1. The fourth-order valence-corrected chi connectivity index (χ4v) is 7.06. The van der Waals surface area contributed by atoms with Crippen LogP contribution in [0.1, 0.15) is 174 Å². The van der Waals surface area contributed by atoms with Crippen LogP contribution in [0.15, 0.2) is 0 Å². The van der Waals surface area contributed by atoms with Gasteiger partial charge >= 0.3 is 0 Å². The molecular formula is C41H84N6O7. The predicted molar refractivity (Wildman–Crippen MR) is 217 cm³/mol. The molecule has 320 valence electrons. The third-order valence-electron chi connectivity index (χ3n) is 10.6. The molecule has 2 amide bonds. The third-order valence-corrected chi connectivity index (χ3v) is 10.6. The summed E-state index contributed by atoms with van der Waals surface area (Å²) in [5, 5.41) is 51.5. The summed E-state index contributed by atoms with van der Waals surface area (Å²) in [6.07, 6.45) is 20.2. The van der Waals surface area contributed by atoms with Crippen molar-refractivity contribution in [3.8, 4) is 0 Å². The lowest BCUT2D eigenvalue weighted by atomic mass is 9.98. The number of nitrogens with one attached hydrogen (secondary N) is 4. The van der Waals surface area contributed by atoms with E-state index in [4.69, 9.17) is 16.2 Å². The van der Waals surface area contributed by atoms with Gasteiger partial charge in [-0.2, -0.15) is 0 Å². The number of hydrogen-bond donors (Lipinski definition) is 10. The Hall–Kier alpha value is -1.42. The molecule has 12 N–H and O–H groups in total. The maximum atomic E-state index is 12.2. The van der Waals surface area contributed by atoms with Gasteiger partial charge in [0.05, 0.1) is 12.3 Å². The summed E-state index contributed by atoms with van der Waals surface area (Å²) in [4.78, 5) is 24.4. The van der Waals surface area contributed by atoms with E-state index in [1.54, 1.807) is 0 Å². The standard InChI is InChI=1S/C41H84N6O7/c1-3-24-33(42)46-30-32(31-47-34(43)25-4-2)26-20-17-19-22-28-44-35(48)27-21-16-14-12-10-8-6-5-7-9-11-13-15-18-23-29-45-40(52)39-37(50)36(49)38(51)41(53)54-39/h32-34,36-39,41,46-47,49-51,53H,3-31,42-43H2,1-2H3,(H,44,48)(H,45,52). The van der Waals surface area contributed by atoms with Crippen molar-refractivity contribution in [2.75, 3.05) is 26.2 Å².